The fourth-order valence-electron chi connectivity index (χ4n) is 3.09. The number of nitrogens with zero attached hydrogens (tertiary/aromatic N) is 4. The zero-order valence-electron chi connectivity index (χ0n) is 13.7. The topological polar surface area (TPSA) is 32.3 Å². The molecular weight excluding hydrogens is 330 g/mol. The van der Waals surface area contributed by atoms with Crippen LogP contribution in [0.2, 0.25) is 0 Å². The number of aromatic nitrogens is 2. The molecule has 1 unspecified atom stereocenters. The fourth-order valence-corrected chi connectivity index (χ4v) is 3.99. The molecule has 0 aliphatic carbocycles. The van der Waals surface area contributed by atoms with Gasteiger partial charge in [0, 0.05) is 32.1 Å². The number of alkyl halides is 2. The average molecular weight is 352 g/mol. The molecule has 4 nitrogen and oxygen atoms in total. The highest BCUT2D eigenvalue weighted by molar-refractivity contribution is 7.15. The minimum Gasteiger partial charge on any atom is -0.344 e. The van der Waals surface area contributed by atoms with Crippen molar-refractivity contribution in [2.45, 2.75) is 32.2 Å². The first kappa shape index (κ1) is 17.2. The molecule has 0 bridgehead atoms. The summed E-state index contributed by atoms with van der Waals surface area (Å²) in [5.74, 6) is 0. The Morgan fingerprint density at radius 3 is 2.71 bits per heavy atom. The lowest BCUT2D eigenvalue weighted by molar-refractivity contribution is 0.0587. The molecule has 0 radical (unpaired) electrons. The van der Waals surface area contributed by atoms with E-state index in [2.05, 4.69) is 27.2 Å². The van der Waals surface area contributed by atoms with Crippen LogP contribution >= 0.6 is 11.3 Å². The summed E-state index contributed by atoms with van der Waals surface area (Å²) in [5, 5.41) is 10.5. The van der Waals surface area contributed by atoms with Crippen LogP contribution in [-0.2, 0) is 6.42 Å². The van der Waals surface area contributed by atoms with Gasteiger partial charge in [0.15, 0.2) is 0 Å². The molecule has 7 heteroatoms. The van der Waals surface area contributed by atoms with Crippen molar-refractivity contribution in [1.29, 1.82) is 0 Å². The van der Waals surface area contributed by atoms with E-state index in [0.29, 0.717) is 6.54 Å². The van der Waals surface area contributed by atoms with Gasteiger partial charge in [-0.2, -0.15) is 0 Å². The summed E-state index contributed by atoms with van der Waals surface area (Å²) in [6, 6.07) is 10.3. The predicted octanol–water partition coefficient (Wildman–Crippen LogP) is 3.29. The lowest BCUT2D eigenvalue weighted by atomic mass is 10.1. The third-order valence-electron chi connectivity index (χ3n) is 4.37. The summed E-state index contributed by atoms with van der Waals surface area (Å²) < 4.78 is 25.4. The molecule has 1 fully saturated rings. The molecule has 1 aromatic heterocycles. The van der Waals surface area contributed by atoms with Crippen LogP contribution in [-0.4, -0.2) is 53.7 Å². The maximum Gasteiger partial charge on any atom is 0.251 e. The molecule has 1 atom stereocenters. The van der Waals surface area contributed by atoms with Crippen LogP contribution in [0.4, 0.5) is 13.9 Å². The van der Waals surface area contributed by atoms with Gasteiger partial charge >= 0.3 is 0 Å². The zero-order valence-corrected chi connectivity index (χ0v) is 14.6. The molecular formula is C17H22F2N4S. The SMILES string of the molecule is CCC1CN(c2nnc(Cc3ccccc3)s2)CCN1CC(F)F. The van der Waals surface area contributed by atoms with Crippen LogP contribution in [0.1, 0.15) is 23.9 Å². The number of rotatable bonds is 6. The van der Waals surface area contributed by atoms with Gasteiger partial charge in [-0.1, -0.05) is 48.6 Å². The first-order valence-electron chi connectivity index (χ1n) is 8.29. The van der Waals surface area contributed by atoms with Gasteiger partial charge in [-0.05, 0) is 12.0 Å². The summed E-state index contributed by atoms with van der Waals surface area (Å²) in [4.78, 5) is 4.08. The van der Waals surface area contributed by atoms with Crippen LogP contribution in [0.3, 0.4) is 0 Å². The van der Waals surface area contributed by atoms with Crippen LogP contribution in [0.5, 0.6) is 0 Å². The Morgan fingerprint density at radius 1 is 1.21 bits per heavy atom. The van der Waals surface area contributed by atoms with E-state index in [4.69, 9.17) is 0 Å². The quantitative estimate of drug-likeness (QED) is 0.799. The van der Waals surface area contributed by atoms with Gasteiger partial charge in [-0.25, -0.2) is 8.78 Å². The molecule has 0 amide bonds. The number of hydrogen-bond donors (Lipinski definition) is 0. The second kappa shape index (κ2) is 7.98. The molecule has 0 spiro atoms. The van der Waals surface area contributed by atoms with E-state index in [9.17, 15) is 8.78 Å². The van der Waals surface area contributed by atoms with Crippen molar-refractivity contribution in [3.8, 4) is 0 Å². The molecule has 1 aromatic carbocycles. The summed E-state index contributed by atoms with van der Waals surface area (Å²) >= 11 is 1.60. The number of piperazine rings is 1. The predicted molar refractivity (Wildman–Crippen MR) is 93.0 cm³/mol. The second-order valence-corrected chi connectivity index (χ2v) is 7.08. The highest BCUT2D eigenvalue weighted by Crippen LogP contribution is 2.25. The van der Waals surface area contributed by atoms with Gasteiger partial charge in [0.1, 0.15) is 5.01 Å². The molecule has 1 aliphatic heterocycles. The van der Waals surface area contributed by atoms with Crippen LogP contribution < -0.4 is 4.90 Å². The maximum atomic E-state index is 12.7. The smallest absolute Gasteiger partial charge is 0.251 e. The van der Waals surface area contributed by atoms with Crippen molar-refractivity contribution in [2.75, 3.05) is 31.1 Å². The third-order valence-corrected chi connectivity index (χ3v) is 5.36. The van der Waals surface area contributed by atoms with Crippen molar-refractivity contribution in [2.24, 2.45) is 0 Å². The van der Waals surface area contributed by atoms with E-state index in [1.807, 2.05) is 30.0 Å². The van der Waals surface area contributed by atoms with Gasteiger partial charge < -0.3 is 4.90 Å². The number of hydrogen-bond acceptors (Lipinski definition) is 5. The van der Waals surface area contributed by atoms with E-state index >= 15 is 0 Å². The Bertz CT molecular complexity index is 635. The molecule has 130 valence electrons. The summed E-state index contributed by atoms with van der Waals surface area (Å²) in [6.07, 6.45) is -0.635. The second-order valence-electron chi connectivity index (χ2n) is 6.03. The Labute approximate surface area is 145 Å². The highest BCUT2D eigenvalue weighted by Gasteiger charge is 2.29. The monoisotopic (exact) mass is 352 g/mol. The Hall–Kier alpha value is -1.60. The van der Waals surface area contributed by atoms with E-state index in [0.717, 1.165) is 36.1 Å². The van der Waals surface area contributed by atoms with E-state index in [1.54, 1.807) is 11.3 Å². The van der Waals surface area contributed by atoms with Gasteiger partial charge in [0.05, 0.1) is 6.54 Å². The van der Waals surface area contributed by atoms with Crippen molar-refractivity contribution in [3.05, 3.63) is 40.9 Å². The number of benzene rings is 1. The summed E-state index contributed by atoms with van der Waals surface area (Å²) in [6.45, 7) is 4.03. The minimum absolute atomic E-state index is 0.137. The molecule has 2 heterocycles. The van der Waals surface area contributed by atoms with Crippen LogP contribution in [0.25, 0.3) is 0 Å². The molecule has 1 aliphatic rings. The van der Waals surface area contributed by atoms with Gasteiger partial charge in [-0.3, -0.25) is 4.90 Å². The molecule has 0 N–H and O–H groups in total. The Kier molecular flexibility index (Phi) is 5.73. The van der Waals surface area contributed by atoms with Crippen molar-refractivity contribution >= 4 is 16.5 Å². The molecule has 1 saturated heterocycles. The highest BCUT2D eigenvalue weighted by atomic mass is 32.1. The zero-order chi connectivity index (χ0) is 16.9. The lowest BCUT2D eigenvalue weighted by Crippen LogP contribution is -2.54. The lowest BCUT2D eigenvalue weighted by Gasteiger charge is -2.40. The normalized spacial score (nSPS) is 19.2. The number of anilines is 1. The summed E-state index contributed by atoms with van der Waals surface area (Å²) in [5.41, 5.74) is 1.22. The third kappa shape index (κ3) is 4.27. The van der Waals surface area contributed by atoms with E-state index in [-0.39, 0.29) is 12.6 Å². The largest absolute Gasteiger partial charge is 0.344 e. The minimum atomic E-state index is -2.27. The van der Waals surface area contributed by atoms with Crippen molar-refractivity contribution in [1.82, 2.24) is 15.1 Å². The van der Waals surface area contributed by atoms with Crippen LogP contribution in [0, 0.1) is 0 Å². The van der Waals surface area contributed by atoms with E-state index < -0.39 is 6.43 Å². The molecule has 2 aromatic rings. The van der Waals surface area contributed by atoms with Crippen LogP contribution in [0.15, 0.2) is 30.3 Å². The molecule has 0 saturated carbocycles. The van der Waals surface area contributed by atoms with E-state index in [1.165, 1.54) is 5.56 Å². The van der Waals surface area contributed by atoms with Crippen molar-refractivity contribution in [3.63, 3.8) is 0 Å². The first-order valence-corrected chi connectivity index (χ1v) is 9.10. The Morgan fingerprint density at radius 2 is 2.00 bits per heavy atom. The first-order chi connectivity index (χ1) is 11.7. The van der Waals surface area contributed by atoms with Gasteiger partial charge in [0.25, 0.3) is 6.43 Å². The number of halogens is 2. The van der Waals surface area contributed by atoms with Gasteiger partial charge in [0.2, 0.25) is 5.13 Å². The van der Waals surface area contributed by atoms with Crippen molar-refractivity contribution < 1.29 is 8.78 Å². The fraction of sp³-hybridized carbons (Fsp3) is 0.529. The Balaban J connectivity index is 1.63. The van der Waals surface area contributed by atoms with Gasteiger partial charge in [-0.15, -0.1) is 10.2 Å². The standard InChI is InChI=1S/C17H22F2N4S/c1-2-14-11-23(9-8-22(14)12-15(18)19)17-21-20-16(24-17)10-13-6-4-3-5-7-13/h3-7,14-15H,2,8-12H2,1H3. The average Bonchev–Trinajstić information content (AvgIpc) is 3.04. The molecule has 3 rings (SSSR count). The summed E-state index contributed by atoms with van der Waals surface area (Å²) in [7, 11) is 0. The molecule has 24 heavy (non-hydrogen) atoms. The maximum absolute atomic E-state index is 12.7.